The van der Waals surface area contributed by atoms with Crippen LogP contribution in [0.15, 0.2) is 0 Å². The van der Waals surface area contributed by atoms with E-state index in [1.807, 2.05) is 6.92 Å². The lowest BCUT2D eigenvalue weighted by molar-refractivity contribution is -0.399. The summed E-state index contributed by atoms with van der Waals surface area (Å²) in [5.41, 5.74) is 0. The van der Waals surface area contributed by atoms with Gasteiger partial charge >= 0.3 is 0 Å². The van der Waals surface area contributed by atoms with Crippen molar-refractivity contribution in [2.24, 2.45) is 5.92 Å². The number of hydrogen-bond donors (Lipinski definition) is 13. The van der Waals surface area contributed by atoms with Crippen LogP contribution in [0.4, 0.5) is 0 Å². The number of ether oxygens (including phenoxy) is 27. The van der Waals surface area contributed by atoms with Crippen molar-refractivity contribution in [3.63, 3.8) is 0 Å². The van der Waals surface area contributed by atoms with Crippen LogP contribution in [-0.4, -0.2) is 464 Å². The zero-order chi connectivity index (χ0) is 78.3. The molecule has 0 aromatic carbocycles. The highest BCUT2D eigenvalue weighted by atomic mass is 16.8. The topological polar surface area (TPSA) is 512 Å². The molecule has 6 aliphatic rings. The molecule has 40 heteroatoms. The zero-order valence-electron chi connectivity index (χ0n) is 63.1. The fourth-order valence-corrected chi connectivity index (χ4v) is 12.9. The quantitative estimate of drug-likeness (QED) is 0.0252. The standard InChI is InChI=1S/C68H126O40/c1-8-14-94-61-53(81)66(102-46(38-93-28-24-88-17-12-71)58(61)106-65-52(80)59(84-7)56(42(34-74)99-65)107-67-62(97-32-29-89-18-13-72)47(75)39(3)43(100-67)35-90-25-21-85-9-2)104-54-44(36-91-26-22-86-15-10-69)101-64(50(78)49(54)77)105-55-45(37-92-27-23-87-16-11-70)103-68(63(51(55)79)96-31-20-83-6)108-57-41(33-73)98-40(4)48(76)60(57)95-30-19-82-5/h39-81H,8-38H2,1-7H3/t39-,40-,41?,42?,43?,44?,45?,46?,47?,48?,49?,50?,51?,52?,53?,54+,55-,56+,57+,58-,59?,60?,61?,62?,63?,64-,65-,66+,67+,68+/m1/s1. The molecule has 0 bridgehead atoms. The first-order chi connectivity index (χ1) is 52.4. The summed E-state index contributed by atoms with van der Waals surface area (Å²) in [6.07, 6.45) is -42.7. The molecule has 18 unspecified atom stereocenters. The molecule has 40 nitrogen and oxygen atoms in total. The molecule has 638 valence electrons. The van der Waals surface area contributed by atoms with Crippen molar-refractivity contribution in [1.82, 2.24) is 0 Å². The Bertz CT molecular complexity index is 2240. The van der Waals surface area contributed by atoms with Gasteiger partial charge in [-0.25, -0.2) is 0 Å². The van der Waals surface area contributed by atoms with E-state index >= 15 is 0 Å². The number of methoxy groups -OCH3 is 3. The van der Waals surface area contributed by atoms with Crippen molar-refractivity contribution < 1.29 is 194 Å². The third-order valence-electron chi connectivity index (χ3n) is 18.5. The summed E-state index contributed by atoms with van der Waals surface area (Å²) in [7, 11) is 4.15. The van der Waals surface area contributed by atoms with Gasteiger partial charge in [-0.3, -0.25) is 0 Å². The third-order valence-corrected chi connectivity index (χ3v) is 18.5. The maximum absolute atomic E-state index is 12.6. The van der Waals surface area contributed by atoms with Crippen LogP contribution in [0.25, 0.3) is 0 Å². The van der Waals surface area contributed by atoms with Crippen LogP contribution in [0.5, 0.6) is 0 Å². The number of hydrogen-bond acceptors (Lipinski definition) is 40. The minimum atomic E-state index is -2.09. The van der Waals surface area contributed by atoms with Crippen molar-refractivity contribution in [3.8, 4) is 0 Å². The van der Waals surface area contributed by atoms with E-state index < -0.39 is 210 Å². The Morgan fingerprint density at radius 3 is 1.09 bits per heavy atom. The first-order valence-electron chi connectivity index (χ1n) is 37.2. The van der Waals surface area contributed by atoms with Crippen LogP contribution >= 0.6 is 0 Å². The Morgan fingerprint density at radius 1 is 0.269 bits per heavy atom. The monoisotopic (exact) mass is 1580 g/mol. The van der Waals surface area contributed by atoms with Crippen LogP contribution in [0, 0.1) is 5.92 Å². The molecule has 0 spiro atoms. The van der Waals surface area contributed by atoms with Crippen LogP contribution in [-0.2, 0) is 128 Å². The number of rotatable bonds is 57. The maximum Gasteiger partial charge on any atom is 0.187 e. The molecular weight excluding hydrogens is 1460 g/mol. The van der Waals surface area contributed by atoms with Crippen molar-refractivity contribution in [3.05, 3.63) is 0 Å². The molecule has 0 aromatic rings. The Morgan fingerprint density at radius 2 is 0.611 bits per heavy atom. The Kier molecular flexibility index (Phi) is 47.3. The van der Waals surface area contributed by atoms with Gasteiger partial charge in [0.15, 0.2) is 31.5 Å². The van der Waals surface area contributed by atoms with Crippen LogP contribution in [0.3, 0.4) is 0 Å². The van der Waals surface area contributed by atoms with E-state index in [4.69, 9.17) is 128 Å². The van der Waals surface area contributed by atoms with Crippen molar-refractivity contribution in [2.45, 2.75) is 212 Å². The van der Waals surface area contributed by atoms with Gasteiger partial charge in [0, 0.05) is 40.5 Å². The molecule has 13 N–H and O–H groups in total. The van der Waals surface area contributed by atoms with Gasteiger partial charge < -0.3 is 194 Å². The summed E-state index contributed by atoms with van der Waals surface area (Å²) in [6, 6.07) is 0. The van der Waals surface area contributed by atoms with Gasteiger partial charge in [0.25, 0.3) is 0 Å². The summed E-state index contributed by atoms with van der Waals surface area (Å²) in [5, 5.41) is 145. The molecule has 108 heavy (non-hydrogen) atoms. The fourth-order valence-electron chi connectivity index (χ4n) is 12.9. The molecule has 6 saturated heterocycles. The summed E-state index contributed by atoms with van der Waals surface area (Å²) >= 11 is 0. The van der Waals surface area contributed by atoms with Gasteiger partial charge in [-0.2, -0.15) is 0 Å². The van der Waals surface area contributed by atoms with Gasteiger partial charge in [0.05, 0.1) is 203 Å². The van der Waals surface area contributed by atoms with Gasteiger partial charge in [-0.15, -0.1) is 0 Å². The summed E-state index contributed by atoms with van der Waals surface area (Å²) < 4.78 is 163. The SMILES string of the molecule is CCCOC1C(O)[C@H](O[C@H]2C(COCCOCCO)O[C@H](O[C@@H]3C(COCCOCCO)O[C@@H](O[C@H]4C(CO)O[C@H](C)C(O)C4OCCOC)C(OCCOC)C3O)C(O)C2O)OC(COCCOCCO)[C@H]1O[C@H]1OC(CO)[C@H](O[C@@H]2OC(COCCOCC)[C@@H](C)C(O)C2OCCOCCO)C(OC)C1O. The number of aliphatic hydroxyl groups is 13. The first-order valence-corrected chi connectivity index (χ1v) is 37.2. The highest BCUT2D eigenvalue weighted by Gasteiger charge is 2.59. The number of aliphatic hydroxyl groups excluding tert-OH is 13. The summed E-state index contributed by atoms with van der Waals surface area (Å²) in [5.74, 6) is -0.572. The fraction of sp³-hybridized carbons (Fsp3) is 1.00. The van der Waals surface area contributed by atoms with E-state index in [1.165, 1.54) is 21.3 Å². The van der Waals surface area contributed by atoms with Crippen LogP contribution in [0.1, 0.15) is 34.1 Å². The van der Waals surface area contributed by atoms with Gasteiger partial charge in [0.1, 0.15) is 128 Å². The second kappa shape index (κ2) is 53.6. The molecule has 6 rings (SSSR count). The molecule has 0 radical (unpaired) electrons. The lowest BCUT2D eigenvalue weighted by Gasteiger charge is -2.51. The first kappa shape index (κ1) is 95.2. The molecular formula is C68H126O40. The van der Waals surface area contributed by atoms with E-state index in [1.54, 1.807) is 20.8 Å². The van der Waals surface area contributed by atoms with Crippen molar-refractivity contribution in [1.29, 1.82) is 0 Å². The average Bonchev–Trinajstić information content (AvgIpc) is 0.772. The summed E-state index contributed by atoms with van der Waals surface area (Å²) in [4.78, 5) is 0. The van der Waals surface area contributed by atoms with E-state index in [-0.39, 0.29) is 159 Å². The average molecular weight is 1580 g/mol. The van der Waals surface area contributed by atoms with E-state index in [0.29, 0.717) is 19.6 Å². The van der Waals surface area contributed by atoms with E-state index in [0.717, 1.165) is 0 Å². The van der Waals surface area contributed by atoms with E-state index in [9.17, 15) is 66.4 Å². The maximum atomic E-state index is 12.6. The molecule has 6 fully saturated rings. The molecule has 6 aliphatic heterocycles. The van der Waals surface area contributed by atoms with E-state index in [2.05, 4.69) is 0 Å². The normalized spacial score (nSPS) is 37.7. The summed E-state index contributed by atoms with van der Waals surface area (Å²) in [6.45, 7) is 3.85. The largest absolute Gasteiger partial charge is 0.394 e. The Hall–Kier alpha value is -1.60. The zero-order valence-corrected chi connectivity index (χ0v) is 63.1. The minimum absolute atomic E-state index is 0.000554. The van der Waals surface area contributed by atoms with Crippen LogP contribution < -0.4 is 0 Å². The Labute approximate surface area is 630 Å². The molecule has 0 amide bonds. The predicted molar refractivity (Wildman–Crippen MR) is 363 cm³/mol. The smallest absolute Gasteiger partial charge is 0.187 e. The molecule has 30 atom stereocenters. The highest BCUT2D eigenvalue weighted by Crippen LogP contribution is 2.40. The lowest BCUT2D eigenvalue weighted by Crippen LogP contribution is -2.68. The van der Waals surface area contributed by atoms with Gasteiger partial charge in [-0.05, 0) is 20.3 Å². The molecule has 0 aromatic heterocycles. The molecule has 0 aliphatic carbocycles. The van der Waals surface area contributed by atoms with Gasteiger partial charge in [-0.1, -0.05) is 13.8 Å². The van der Waals surface area contributed by atoms with Crippen molar-refractivity contribution in [2.75, 3.05) is 220 Å². The second-order valence-electron chi connectivity index (χ2n) is 26.1. The minimum Gasteiger partial charge on any atom is -0.394 e. The van der Waals surface area contributed by atoms with Crippen molar-refractivity contribution >= 4 is 0 Å². The van der Waals surface area contributed by atoms with Crippen LogP contribution in [0.2, 0.25) is 0 Å². The molecule has 0 saturated carbocycles. The lowest BCUT2D eigenvalue weighted by atomic mass is 9.90. The predicted octanol–water partition coefficient (Wildman–Crippen LogP) is -7.13. The second-order valence-corrected chi connectivity index (χ2v) is 26.1. The van der Waals surface area contributed by atoms with Gasteiger partial charge in [0.2, 0.25) is 0 Å². The third kappa shape index (κ3) is 28.9. The highest BCUT2D eigenvalue weighted by molar-refractivity contribution is 5.02. The Balaban J connectivity index is 1.30. The molecule has 6 heterocycles.